The molecule has 0 aliphatic carbocycles. The quantitative estimate of drug-likeness (QED) is 0.568. The molecule has 0 aliphatic rings. The molecule has 0 aliphatic heterocycles. The lowest BCUT2D eigenvalue weighted by Crippen LogP contribution is -2.07. The Morgan fingerprint density at radius 1 is 1.33 bits per heavy atom. The highest BCUT2D eigenvalue weighted by molar-refractivity contribution is 5.48. The van der Waals surface area contributed by atoms with Crippen LogP contribution in [0.25, 0.3) is 6.08 Å². The third-order valence-electron chi connectivity index (χ3n) is 1.92. The van der Waals surface area contributed by atoms with E-state index in [0.717, 1.165) is 5.57 Å². The maximum atomic E-state index is 5.38. The molecule has 0 aromatic heterocycles. The van der Waals surface area contributed by atoms with Crippen molar-refractivity contribution in [2.75, 3.05) is 19.8 Å². The van der Waals surface area contributed by atoms with Crippen LogP contribution in [-0.2, 0) is 4.74 Å². The number of hydrogen-bond acceptors (Lipinski definition) is 2. The summed E-state index contributed by atoms with van der Waals surface area (Å²) in [5.41, 5.74) is 7.48. The Hall–Kier alpha value is -1.38. The average molecular weight is 203 g/mol. The molecule has 1 aromatic rings. The summed E-state index contributed by atoms with van der Waals surface area (Å²) in [6.07, 6.45) is 4.02. The van der Waals surface area contributed by atoms with Crippen LogP contribution < -0.4 is 5.73 Å². The number of rotatable bonds is 6. The smallest absolute Gasteiger partial charge is 0.0690 e. The van der Waals surface area contributed by atoms with Gasteiger partial charge in [0.2, 0.25) is 0 Å². The van der Waals surface area contributed by atoms with Gasteiger partial charge >= 0.3 is 0 Å². The highest BCUT2D eigenvalue weighted by atomic mass is 16.5. The number of nitrogens with two attached hydrogens (primary N) is 1. The molecular formula is C13H17NO. The molecule has 1 rings (SSSR count). The normalized spacial score (nSPS) is 10.7. The number of benzene rings is 1. The van der Waals surface area contributed by atoms with Crippen LogP contribution in [0.5, 0.6) is 0 Å². The van der Waals surface area contributed by atoms with E-state index in [1.54, 1.807) is 0 Å². The van der Waals surface area contributed by atoms with Gasteiger partial charge < -0.3 is 10.5 Å². The van der Waals surface area contributed by atoms with Gasteiger partial charge in [-0.3, -0.25) is 0 Å². The molecule has 2 heteroatoms. The molecule has 0 saturated heterocycles. The highest BCUT2D eigenvalue weighted by Gasteiger charge is 1.88. The summed E-state index contributed by atoms with van der Waals surface area (Å²) in [7, 11) is 0. The molecule has 0 saturated carbocycles. The van der Waals surface area contributed by atoms with Crippen molar-refractivity contribution < 1.29 is 4.74 Å². The molecule has 15 heavy (non-hydrogen) atoms. The Balaban J connectivity index is 2.20. The van der Waals surface area contributed by atoms with E-state index in [1.807, 2.05) is 30.4 Å². The minimum absolute atomic E-state index is 0.488. The van der Waals surface area contributed by atoms with Gasteiger partial charge in [-0.05, 0) is 11.1 Å². The largest absolute Gasteiger partial charge is 0.373 e. The van der Waals surface area contributed by atoms with Gasteiger partial charge in [-0.2, -0.15) is 0 Å². The second-order valence-electron chi connectivity index (χ2n) is 3.28. The zero-order valence-corrected chi connectivity index (χ0v) is 8.86. The lowest BCUT2D eigenvalue weighted by Gasteiger charge is -2.01. The maximum absolute atomic E-state index is 5.38. The van der Waals surface area contributed by atoms with Gasteiger partial charge in [0.1, 0.15) is 0 Å². The summed E-state index contributed by atoms with van der Waals surface area (Å²) in [4.78, 5) is 0. The van der Waals surface area contributed by atoms with Crippen LogP contribution in [0, 0.1) is 0 Å². The third kappa shape index (κ3) is 5.15. The van der Waals surface area contributed by atoms with Gasteiger partial charge in [0, 0.05) is 6.54 Å². The maximum Gasteiger partial charge on any atom is 0.0690 e. The van der Waals surface area contributed by atoms with Crippen molar-refractivity contribution in [2.45, 2.75) is 0 Å². The van der Waals surface area contributed by atoms with Gasteiger partial charge in [-0.1, -0.05) is 49.1 Å². The van der Waals surface area contributed by atoms with Crippen molar-refractivity contribution in [1.82, 2.24) is 0 Å². The number of ether oxygens (including phenoxy) is 1. The predicted molar refractivity (Wildman–Crippen MR) is 64.5 cm³/mol. The van der Waals surface area contributed by atoms with Crippen molar-refractivity contribution in [3.63, 3.8) is 0 Å². The van der Waals surface area contributed by atoms with Crippen molar-refractivity contribution >= 4 is 6.08 Å². The van der Waals surface area contributed by atoms with Gasteiger partial charge in [-0.15, -0.1) is 0 Å². The Labute approximate surface area is 91.1 Å². The van der Waals surface area contributed by atoms with Crippen LogP contribution in [0.3, 0.4) is 0 Å². The molecule has 0 atom stereocenters. The van der Waals surface area contributed by atoms with E-state index >= 15 is 0 Å². The Bertz CT molecular complexity index is 317. The Kier molecular flexibility index (Phi) is 5.44. The summed E-state index contributed by atoms with van der Waals surface area (Å²) >= 11 is 0. The molecule has 0 unspecified atom stereocenters. The monoisotopic (exact) mass is 203 g/mol. The fraction of sp³-hybridized carbons (Fsp3) is 0.231. The van der Waals surface area contributed by atoms with E-state index in [4.69, 9.17) is 10.5 Å². The molecular weight excluding hydrogens is 186 g/mol. The molecule has 2 nitrogen and oxygen atoms in total. The van der Waals surface area contributed by atoms with Gasteiger partial charge in [-0.25, -0.2) is 0 Å². The van der Waals surface area contributed by atoms with E-state index in [-0.39, 0.29) is 0 Å². The van der Waals surface area contributed by atoms with Crippen LogP contribution in [0.15, 0.2) is 48.6 Å². The average Bonchev–Trinajstić information content (AvgIpc) is 2.29. The lowest BCUT2D eigenvalue weighted by molar-refractivity contribution is 0.187. The fourth-order valence-corrected chi connectivity index (χ4v) is 1.08. The second kappa shape index (κ2) is 6.98. The lowest BCUT2D eigenvalue weighted by atomic mass is 10.2. The van der Waals surface area contributed by atoms with Crippen LogP contribution >= 0.6 is 0 Å². The van der Waals surface area contributed by atoms with Crippen molar-refractivity contribution in [3.05, 3.63) is 54.1 Å². The Morgan fingerprint density at radius 3 is 2.73 bits per heavy atom. The SMILES string of the molecule is C=C(CN)COC/C=C/c1ccccc1. The molecule has 0 amide bonds. The van der Waals surface area contributed by atoms with Crippen molar-refractivity contribution in [3.8, 4) is 0 Å². The minimum atomic E-state index is 0.488. The summed E-state index contributed by atoms with van der Waals surface area (Å²) in [5, 5.41) is 0. The van der Waals surface area contributed by atoms with Crippen LogP contribution in [0.4, 0.5) is 0 Å². The van der Waals surface area contributed by atoms with Crippen molar-refractivity contribution in [1.29, 1.82) is 0 Å². The number of hydrogen-bond donors (Lipinski definition) is 1. The standard InChI is InChI=1S/C13H17NO/c1-12(10-14)11-15-9-5-8-13-6-3-2-4-7-13/h2-8H,1,9-11,14H2/b8-5+. The second-order valence-corrected chi connectivity index (χ2v) is 3.28. The van der Waals surface area contributed by atoms with E-state index in [2.05, 4.69) is 18.7 Å². The molecule has 0 bridgehead atoms. The predicted octanol–water partition coefficient (Wildman–Crippen LogP) is 2.23. The van der Waals surface area contributed by atoms with Crippen LogP contribution in [0.1, 0.15) is 5.56 Å². The summed E-state index contributed by atoms with van der Waals surface area (Å²) in [6, 6.07) is 10.1. The highest BCUT2D eigenvalue weighted by Crippen LogP contribution is 2.00. The van der Waals surface area contributed by atoms with E-state index in [9.17, 15) is 0 Å². The molecule has 2 N–H and O–H groups in total. The third-order valence-corrected chi connectivity index (χ3v) is 1.92. The summed E-state index contributed by atoms with van der Waals surface area (Å²) < 4.78 is 5.34. The fourth-order valence-electron chi connectivity index (χ4n) is 1.08. The van der Waals surface area contributed by atoms with E-state index < -0.39 is 0 Å². The summed E-state index contributed by atoms with van der Waals surface area (Å²) in [5.74, 6) is 0. The van der Waals surface area contributed by atoms with E-state index in [1.165, 1.54) is 5.56 Å². The molecule has 0 fully saturated rings. The molecule has 1 aromatic carbocycles. The topological polar surface area (TPSA) is 35.2 Å². The Morgan fingerprint density at radius 2 is 2.07 bits per heavy atom. The van der Waals surface area contributed by atoms with Gasteiger partial charge in [0.05, 0.1) is 13.2 Å². The first-order chi connectivity index (χ1) is 7.33. The first-order valence-corrected chi connectivity index (χ1v) is 4.99. The van der Waals surface area contributed by atoms with Gasteiger partial charge in [0.25, 0.3) is 0 Å². The molecule has 80 valence electrons. The molecule has 0 heterocycles. The van der Waals surface area contributed by atoms with E-state index in [0.29, 0.717) is 19.8 Å². The molecule has 0 spiro atoms. The first-order valence-electron chi connectivity index (χ1n) is 4.99. The summed E-state index contributed by atoms with van der Waals surface area (Å²) in [6.45, 7) is 5.37. The van der Waals surface area contributed by atoms with Crippen molar-refractivity contribution in [2.24, 2.45) is 5.73 Å². The van der Waals surface area contributed by atoms with Gasteiger partial charge in [0.15, 0.2) is 0 Å². The zero-order chi connectivity index (χ0) is 10.9. The minimum Gasteiger partial charge on any atom is -0.373 e. The molecule has 0 radical (unpaired) electrons. The van der Waals surface area contributed by atoms with Crippen LogP contribution in [0.2, 0.25) is 0 Å². The van der Waals surface area contributed by atoms with Crippen LogP contribution in [-0.4, -0.2) is 19.8 Å². The zero-order valence-electron chi connectivity index (χ0n) is 8.86. The first kappa shape index (κ1) is 11.7.